The van der Waals surface area contributed by atoms with Crippen LogP contribution in [0, 0.1) is 0 Å². The lowest BCUT2D eigenvalue weighted by Crippen LogP contribution is -2.38. The summed E-state index contributed by atoms with van der Waals surface area (Å²) < 4.78 is 16.6. The molecule has 0 bridgehead atoms. The number of hydrogen-bond donors (Lipinski definition) is 0. The minimum Gasteiger partial charge on any atom is -0.493 e. The van der Waals surface area contributed by atoms with Crippen molar-refractivity contribution < 1.29 is 14.2 Å². The van der Waals surface area contributed by atoms with Gasteiger partial charge < -0.3 is 14.2 Å². The van der Waals surface area contributed by atoms with Crippen molar-refractivity contribution in [2.24, 2.45) is 0 Å². The maximum Gasteiger partial charge on any atom is 0.161 e. The van der Waals surface area contributed by atoms with Crippen molar-refractivity contribution in [1.82, 2.24) is 4.90 Å². The van der Waals surface area contributed by atoms with E-state index in [4.69, 9.17) is 14.2 Å². The Balaban J connectivity index is 1.88. The predicted molar refractivity (Wildman–Crippen MR) is 79.8 cm³/mol. The average molecular weight is 279 g/mol. The maximum atomic E-state index is 5.86. The van der Waals surface area contributed by atoms with Gasteiger partial charge in [0.1, 0.15) is 6.61 Å². The van der Waals surface area contributed by atoms with Crippen LogP contribution in [0.4, 0.5) is 0 Å². The molecule has 4 heteroatoms. The van der Waals surface area contributed by atoms with Gasteiger partial charge >= 0.3 is 0 Å². The Labute approximate surface area is 121 Å². The standard InChI is InChI=1S/C16H25NO3/c1-13(2)14-4-5-15(16(12-14)18-3)20-11-8-17-6-9-19-10-7-17/h4-5,12-13H,6-11H2,1-3H3. The number of hydrogen-bond acceptors (Lipinski definition) is 4. The molecule has 0 radical (unpaired) electrons. The molecule has 0 N–H and O–H groups in total. The maximum absolute atomic E-state index is 5.86. The van der Waals surface area contributed by atoms with Crippen LogP contribution >= 0.6 is 0 Å². The SMILES string of the molecule is COc1cc(C(C)C)ccc1OCCN1CCOCC1. The number of methoxy groups -OCH3 is 1. The highest BCUT2D eigenvalue weighted by atomic mass is 16.5. The number of nitrogens with zero attached hydrogens (tertiary/aromatic N) is 1. The van der Waals surface area contributed by atoms with E-state index in [9.17, 15) is 0 Å². The number of ether oxygens (including phenoxy) is 3. The third-order valence-electron chi connectivity index (χ3n) is 3.62. The molecule has 1 aliphatic heterocycles. The molecule has 112 valence electrons. The summed E-state index contributed by atoms with van der Waals surface area (Å²) in [6.45, 7) is 9.59. The summed E-state index contributed by atoms with van der Waals surface area (Å²) in [6.07, 6.45) is 0. The number of rotatable bonds is 6. The van der Waals surface area contributed by atoms with E-state index in [1.807, 2.05) is 6.07 Å². The van der Waals surface area contributed by atoms with E-state index in [1.165, 1.54) is 5.56 Å². The Morgan fingerprint density at radius 3 is 2.60 bits per heavy atom. The molecule has 0 atom stereocenters. The topological polar surface area (TPSA) is 30.9 Å². The molecule has 1 saturated heterocycles. The molecule has 2 rings (SSSR count). The summed E-state index contributed by atoms with van der Waals surface area (Å²) in [5.41, 5.74) is 1.27. The summed E-state index contributed by atoms with van der Waals surface area (Å²) in [4.78, 5) is 2.36. The second-order valence-electron chi connectivity index (χ2n) is 5.37. The molecular formula is C16H25NO3. The zero-order chi connectivity index (χ0) is 14.4. The van der Waals surface area contributed by atoms with Gasteiger partial charge in [0.2, 0.25) is 0 Å². The minimum atomic E-state index is 0.492. The summed E-state index contributed by atoms with van der Waals surface area (Å²) in [5.74, 6) is 2.13. The zero-order valence-electron chi connectivity index (χ0n) is 12.7. The summed E-state index contributed by atoms with van der Waals surface area (Å²) in [7, 11) is 1.69. The Kier molecular flexibility index (Phi) is 5.68. The van der Waals surface area contributed by atoms with Crippen LogP contribution in [0.5, 0.6) is 11.5 Å². The van der Waals surface area contributed by atoms with Crippen molar-refractivity contribution in [3.63, 3.8) is 0 Å². The highest BCUT2D eigenvalue weighted by Crippen LogP contribution is 2.30. The molecular weight excluding hydrogens is 254 g/mol. The van der Waals surface area contributed by atoms with Gasteiger partial charge in [0.15, 0.2) is 11.5 Å². The first-order valence-electron chi connectivity index (χ1n) is 7.31. The molecule has 0 saturated carbocycles. The van der Waals surface area contributed by atoms with Crippen molar-refractivity contribution >= 4 is 0 Å². The van der Waals surface area contributed by atoms with Crippen molar-refractivity contribution in [2.75, 3.05) is 46.6 Å². The fourth-order valence-electron chi connectivity index (χ4n) is 2.27. The van der Waals surface area contributed by atoms with E-state index in [2.05, 4.69) is 30.9 Å². The van der Waals surface area contributed by atoms with Gasteiger partial charge in [-0.05, 0) is 23.6 Å². The molecule has 0 unspecified atom stereocenters. The Morgan fingerprint density at radius 2 is 1.95 bits per heavy atom. The highest BCUT2D eigenvalue weighted by molar-refractivity contribution is 5.43. The Bertz CT molecular complexity index is 414. The highest BCUT2D eigenvalue weighted by Gasteiger charge is 2.11. The molecule has 0 amide bonds. The second-order valence-corrected chi connectivity index (χ2v) is 5.37. The first kappa shape index (κ1) is 15.1. The van der Waals surface area contributed by atoms with E-state index >= 15 is 0 Å². The molecule has 1 aromatic rings. The lowest BCUT2D eigenvalue weighted by atomic mass is 10.0. The average Bonchev–Trinajstić information content (AvgIpc) is 2.48. The Hall–Kier alpha value is -1.26. The van der Waals surface area contributed by atoms with Gasteiger partial charge in [-0.1, -0.05) is 19.9 Å². The zero-order valence-corrected chi connectivity index (χ0v) is 12.7. The van der Waals surface area contributed by atoms with Gasteiger partial charge in [-0.2, -0.15) is 0 Å². The monoisotopic (exact) mass is 279 g/mol. The molecule has 20 heavy (non-hydrogen) atoms. The molecule has 0 spiro atoms. The van der Waals surface area contributed by atoms with Crippen LogP contribution in [0.2, 0.25) is 0 Å². The van der Waals surface area contributed by atoms with Crippen LogP contribution in [0.3, 0.4) is 0 Å². The molecule has 0 aliphatic carbocycles. The molecule has 4 nitrogen and oxygen atoms in total. The third-order valence-corrected chi connectivity index (χ3v) is 3.62. The lowest BCUT2D eigenvalue weighted by molar-refractivity contribution is 0.0321. The van der Waals surface area contributed by atoms with Crippen molar-refractivity contribution in [1.29, 1.82) is 0 Å². The fraction of sp³-hybridized carbons (Fsp3) is 0.625. The van der Waals surface area contributed by atoms with Gasteiger partial charge in [-0.25, -0.2) is 0 Å². The van der Waals surface area contributed by atoms with Gasteiger partial charge in [0, 0.05) is 19.6 Å². The van der Waals surface area contributed by atoms with E-state index < -0.39 is 0 Å². The molecule has 1 aliphatic rings. The van der Waals surface area contributed by atoms with E-state index in [-0.39, 0.29) is 0 Å². The molecule has 1 heterocycles. The smallest absolute Gasteiger partial charge is 0.161 e. The largest absolute Gasteiger partial charge is 0.493 e. The summed E-state index contributed by atoms with van der Waals surface area (Å²) in [6, 6.07) is 6.18. The third kappa shape index (κ3) is 4.12. The van der Waals surface area contributed by atoms with E-state index in [1.54, 1.807) is 7.11 Å². The van der Waals surface area contributed by atoms with E-state index in [0.29, 0.717) is 12.5 Å². The normalized spacial score (nSPS) is 16.4. The fourth-order valence-corrected chi connectivity index (χ4v) is 2.27. The molecule has 1 aromatic carbocycles. The minimum absolute atomic E-state index is 0.492. The van der Waals surface area contributed by atoms with Crippen molar-refractivity contribution in [3.8, 4) is 11.5 Å². The lowest BCUT2D eigenvalue weighted by Gasteiger charge is -2.26. The molecule has 0 aromatic heterocycles. The van der Waals surface area contributed by atoms with Gasteiger partial charge in [-0.15, -0.1) is 0 Å². The van der Waals surface area contributed by atoms with Crippen LogP contribution < -0.4 is 9.47 Å². The van der Waals surface area contributed by atoms with Gasteiger partial charge in [0.25, 0.3) is 0 Å². The van der Waals surface area contributed by atoms with Crippen molar-refractivity contribution in [2.45, 2.75) is 19.8 Å². The van der Waals surface area contributed by atoms with Gasteiger partial charge in [-0.3, -0.25) is 4.90 Å². The number of benzene rings is 1. The molecule has 1 fully saturated rings. The first-order valence-corrected chi connectivity index (χ1v) is 7.31. The van der Waals surface area contributed by atoms with Crippen molar-refractivity contribution in [3.05, 3.63) is 23.8 Å². The van der Waals surface area contributed by atoms with Crippen LogP contribution in [-0.4, -0.2) is 51.5 Å². The van der Waals surface area contributed by atoms with Crippen LogP contribution in [0.15, 0.2) is 18.2 Å². The predicted octanol–water partition coefficient (Wildman–Crippen LogP) is 2.53. The first-order chi connectivity index (χ1) is 9.70. The summed E-state index contributed by atoms with van der Waals surface area (Å²) in [5, 5.41) is 0. The number of morpholine rings is 1. The van der Waals surface area contributed by atoms with Gasteiger partial charge in [0.05, 0.1) is 20.3 Å². The summed E-state index contributed by atoms with van der Waals surface area (Å²) >= 11 is 0. The van der Waals surface area contributed by atoms with Crippen LogP contribution in [0.25, 0.3) is 0 Å². The second kappa shape index (κ2) is 7.50. The van der Waals surface area contributed by atoms with E-state index in [0.717, 1.165) is 44.3 Å². The quantitative estimate of drug-likeness (QED) is 0.800. The van der Waals surface area contributed by atoms with Crippen LogP contribution in [0.1, 0.15) is 25.3 Å². The Morgan fingerprint density at radius 1 is 1.20 bits per heavy atom. The van der Waals surface area contributed by atoms with Crippen LogP contribution in [-0.2, 0) is 4.74 Å².